The molecule has 20 heavy (non-hydrogen) atoms. The summed E-state index contributed by atoms with van der Waals surface area (Å²) < 4.78 is 5.43. The first-order chi connectivity index (χ1) is 9.78. The molecule has 3 heterocycles. The summed E-state index contributed by atoms with van der Waals surface area (Å²) >= 11 is 0. The maximum absolute atomic E-state index is 9.49. The predicted octanol–water partition coefficient (Wildman–Crippen LogP) is 0.793. The number of aliphatic hydroxyl groups is 1. The van der Waals surface area contributed by atoms with Crippen molar-refractivity contribution in [3.63, 3.8) is 0 Å². The Labute approximate surface area is 120 Å². The number of aromatic nitrogens is 1. The molecule has 5 nitrogen and oxygen atoms in total. The van der Waals surface area contributed by atoms with Gasteiger partial charge in [0, 0.05) is 55.4 Å². The predicted molar refractivity (Wildman–Crippen MR) is 77.9 cm³/mol. The number of ether oxygens (including phenoxy) is 1. The third kappa shape index (κ3) is 2.80. The summed E-state index contributed by atoms with van der Waals surface area (Å²) in [7, 11) is 0. The Kier molecular flexibility index (Phi) is 4.19. The van der Waals surface area contributed by atoms with Crippen LogP contribution in [0.1, 0.15) is 17.7 Å². The van der Waals surface area contributed by atoms with E-state index >= 15 is 0 Å². The Hall–Kier alpha value is -1.17. The third-order valence-corrected chi connectivity index (χ3v) is 4.34. The Bertz CT molecular complexity index is 460. The van der Waals surface area contributed by atoms with Gasteiger partial charge in [0.15, 0.2) is 0 Å². The molecule has 1 aromatic heterocycles. The Balaban J connectivity index is 1.71. The first kappa shape index (κ1) is 13.8. The molecule has 2 saturated heterocycles. The molecule has 0 radical (unpaired) electrons. The number of aliphatic hydroxyl groups excluding tert-OH is 1. The van der Waals surface area contributed by atoms with E-state index in [1.54, 1.807) is 6.20 Å². The lowest BCUT2D eigenvalue weighted by Gasteiger charge is -2.32. The van der Waals surface area contributed by atoms with Gasteiger partial charge >= 0.3 is 0 Å². The van der Waals surface area contributed by atoms with E-state index in [0.29, 0.717) is 6.04 Å². The molecule has 5 heteroatoms. The minimum absolute atomic E-state index is 0.0569. The number of nitrogens with zero attached hydrogens (tertiary/aromatic N) is 3. The second kappa shape index (κ2) is 6.08. The molecular formula is C15H23N3O2. The highest BCUT2D eigenvalue weighted by Gasteiger charge is 2.29. The molecule has 1 aromatic rings. The molecule has 110 valence electrons. The molecule has 1 unspecified atom stereocenters. The quantitative estimate of drug-likeness (QED) is 0.885. The van der Waals surface area contributed by atoms with E-state index in [1.807, 2.05) is 6.92 Å². The van der Waals surface area contributed by atoms with Gasteiger partial charge in [0.1, 0.15) is 0 Å². The van der Waals surface area contributed by atoms with Crippen LogP contribution in [-0.4, -0.2) is 60.4 Å². The average Bonchev–Trinajstić information content (AvgIpc) is 2.98. The summed E-state index contributed by atoms with van der Waals surface area (Å²) in [4.78, 5) is 9.20. The van der Waals surface area contributed by atoms with E-state index < -0.39 is 0 Å². The summed E-state index contributed by atoms with van der Waals surface area (Å²) in [5, 5.41) is 9.49. The van der Waals surface area contributed by atoms with Gasteiger partial charge in [0.2, 0.25) is 0 Å². The van der Waals surface area contributed by atoms with Crippen LogP contribution in [-0.2, 0) is 11.3 Å². The fourth-order valence-electron chi connectivity index (χ4n) is 3.19. The zero-order chi connectivity index (χ0) is 13.9. The van der Waals surface area contributed by atoms with Gasteiger partial charge in [-0.15, -0.1) is 0 Å². The highest BCUT2D eigenvalue weighted by atomic mass is 16.5. The number of rotatable bonds is 3. The lowest BCUT2D eigenvalue weighted by Crippen LogP contribution is -2.44. The molecule has 0 aliphatic carbocycles. The van der Waals surface area contributed by atoms with Gasteiger partial charge in [-0.05, 0) is 19.4 Å². The highest BCUT2D eigenvalue weighted by molar-refractivity contribution is 5.54. The molecule has 1 atom stereocenters. The first-order valence-corrected chi connectivity index (χ1v) is 7.41. The second-order valence-corrected chi connectivity index (χ2v) is 5.65. The van der Waals surface area contributed by atoms with Gasteiger partial charge in [0.05, 0.1) is 19.8 Å². The van der Waals surface area contributed by atoms with Crippen molar-refractivity contribution in [1.82, 2.24) is 9.88 Å². The van der Waals surface area contributed by atoms with Gasteiger partial charge in [-0.25, -0.2) is 0 Å². The summed E-state index contributed by atoms with van der Waals surface area (Å²) in [6.45, 7) is 7.94. The topological polar surface area (TPSA) is 48.8 Å². The standard InChI is InChI=1S/C15H23N3O2/c1-12-8-15(13(11-19)9-16-12)18-3-2-14(10-18)17-4-6-20-7-5-17/h8-9,14,19H,2-7,10-11H2,1H3. The van der Waals surface area contributed by atoms with Crippen molar-refractivity contribution in [2.45, 2.75) is 26.0 Å². The number of morpholine rings is 1. The number of anilines is 1. The zero-order valence-corrected chi connectivity index (χ0v) is 12.1. The molecule has 1 N–H and O–H groups in total. The van der Waals surface area contributed by atoms with E-state index in [1.165, 1.54) is 6.42 Å². The minimum Gasteiger partial charge on any atom is -0.392 e. The number of pyridine rings is 1. The molecule has 0 saturated carbocycles. The van der Waals surface area contributed by atoms with Gasteiger partial charge in [-0.3, -0.25) is 9.88 Å². The van der Waals surface area contributed by atoms with Crippen LogP contribution in [0.4, 0.5) is 5.69 Å². The van der Waals surface area contributed by atoms with E-state index in [0.717, 1.165) is 56.3 Å². The SMILES string of the molecule is Cc1cc(N2CCC(N3CCOCC3)C2)c(CO)cn1. The lowest BCUT2D eigenvalue weighted by molar-refractivity contribution is 0.0209. The monoisotopic (exact) mass is 277 g/mol. The van der Waals surface area contributed by atoms with Crippen LogP contribution in [0.2, 0.25) is 0 Å². The summed E-state index contributed by atoms with van der Waals surface area (Å²) in [6, 6.07) is 2.70. The van der Waals surface area contributed by atoms with Gasteiger partial charge in [0.25, 0.3) is 0 Å². The van der Waals surface area contributed by atoms with Crippen molar-refractivity contribution in [1.29, 1.82) is 0 Å². The largest absolute Gasteiger partial charge is 0.392 e. The van der Waals surface area contributed by atoms with Crippen molar-refractivity contribution in [2.24, 2.45) is 0 Å². The molecule has 0 bridgehead atoms. The molecule has 2 aliphatic heterocycles. The molecule has 3 rings (SSSR count). The van der Waals surface area contributed by atoms with Crippen molar-refractivity contribution in [3.8, 4) is 0 Å². The number of hydrogen-bond donors (Lipinski definition) is 1. The Morgan fingerprint density at radius 3 is 2.90 bits per heavy atom. The van der Waals surface area contributed by atoms with E-state index in [2.05, 4.69) is 20.9 Å². The van der Waals surface area contributed by atoms with Crippen molar-refractivity contribution in [2.75, 3.05) is 44.3 Å². The van der Waals surface area contributed by atoms with Crippen LogP contribution in [0.25, 0.3) is 0 Å². The first-order valence-electron chi connectivity index (χ1n) is 7.41. The smallest absolute Gasteiger partial charge is 0.0717 e. The zero-order valence-electron chi connectivity index (χ0n) is 12.1. The maximum Gasteiger partial charge on any atom is 0.0717 e. The maximum atomic E-state index is 9.49. The van der Waals surface area contributed by atoms with Crippen molar-refractivity contribution < 1.29 is 9.84 Å². The van der Waals surface area contributed by atoms with Crippen molar-refractivity contribution >= 4 is 5.69 Å². The highest BCUT2D eigenvalue weighted by Crippen LogP contribution is 2.27. The Morgan fingerprint density at radius 2 is 2.15 bits per heavy atom. The average molecular weight is 277 g/mol. The normalized spacial score (nSPS) is 24.3. The fraction of sp³-hybridized carbons (Fsp3) is 0.667. The van der Waals surface area contributed by atoms with Crippen LogP contribution in [0, 0.1) is 6.92 Å². The van der Waals surface area contributed by atoms with Gasteiger partial charge in [-0.1, -0.05) is 0 Å². The van der Waals surface area contributed by atoms with Crippen LogP contribution >= 0.6 is 0 Å². The molecule has 0 amide bonds. The van der Waals surface area contributed by atoms with E-state index in [9.17, 15) is 5.11 Å². The minimum atomic E-state index is 0.0569. The fourth-order valence-corrected chi connectivity index (χ4v) is 3.19. The van der Waals surface area contributed by atoms with Crippen LogP contribution < -0.4 is 4.90 Å². The van der Waals surface area contributed by atoms with Gasteiger partial charge < -0.3 is 14.7 Å². The van der Waals surface area contributed by atoms with Crippen LogP contribution in [0.5, 0.6) is 0 Å². The van der Waals surface area contributed by atoms with Crippen LogP contribution in [0.15, 0.2) is 12.3 Å². The second-order valence-electron chi connectivity index (χ2n) is 5.65. The summed E-state index contributed by atoms with van der Waals surface area (Å²) in [5.74, 6) is 0. The van der Waals surface area contributed by atoms with Gasteiger partial charge in [-0.2, -0.15) is 0 Å². The Morgan fingerprint density at radius 1 is 1.35 bits per heavy atom. The van der Waals surface area contributed by atoms with E-state index in [4.69, 9.17) is 4.74 Å². The van der Waals surface area contributed by atoms with E-state index in [-0.39, 0.29) is 6.61 Å². The van der Waals surface area contributed by atoms with Crippen molar-refractivity contribution in [3.05, 3.63) is 23.5 Å². The van der Waals surface area contributed by atoms with Crippen LogP contribution in [0.3, 0.4) is 0 Å². The lowest BCUT2D eigenvalue weighted by atomic mass is 10.2. The third-order valence-electron chi connectivity index (χ3n) is 4.34. The molecule has 2 fully saturated rings. The molecule has 2 aliphatic rings. The number of hydrogen-bond acceptors (Lipinski definition) is 5. The molecule has 0 aromatic carbocycles. The number of aryl methyl sites for hydroxylation is 1. The molecular weight excluding hydrogens is 254 g/mol. The molecule has 0 spiro atoms. The summed E-state index contributed by atoms with van der Waals surface area (Å²) in [5.41, 5.74) is 3.08. The summed E-state index contributed by atoms with van der Waals surface area (Å²) in [6.07, 6.45) is 2.99.